The highest BCUT2D eigenvalue weighted by atomic mass is 16.5. The van der Waals surface area contributed by atoms with Gasteiger partial charge in [-0.05, 0) is 32.2 Å². The highest BCUT2D eigenvalue weighted by molar-refractivity contribution is 5.73. The van der Waals surface area contributed by atoms with Gasteiger partial charge in [0.15, 0.2) is 0 Å². The Morgan fingerprint density at radius 1 is 1.44 bits per heavy atom. The Morgan fingerprint density at radius 3 is 2.67 bits per heavy atom. The van der Waals surface area contributed by atoms with E-state index in [1.165, 1.54) is 0 Å². The van der Waals surface area contributed by atoms with E-state index in [9.17, 15) is 4.79 Å². The minimum Gasteiger partial charge on any atom is -0.480 e. The second-order valence-corrected chi connectivity index (χ2v) is 5.35. The molecule has 0 amide bonds. The molecule has 0 aromatic heterocycles. The van der Waals surface area contributed by atoms with Gasteiger partial charge in [0.25, 0.3) is 0 Å². The molecule has 104 valence electrons. The minimum absolute atomic E-state index is 0.385. The number of nitrogens with zero attached hydrogens (tertiary/aromatic N) is 1. The number of fused-ring (bicyclic) bond motifs is 2. The Balaban J connectivity index is 1.73. The van der Waals surface area contributed by atoms with E-state index in [1.54, 1.807) is 0 Å². The number of aliphatic carboxylic acids is 1. The lowest BCUT2D eigenvalue weighted by Gasteiger charge is -2.32. The van der Waals surface area contributed by atoms with Crippen LogP contribution in [0.4, 0.5) is 0 Å². The van der Waals surface area contributed by atoms with Crippen LogP contribution in [0.25, 0.3) is 0 Å². The molecule has 0 aliphatic carbocycles. The first-order valence-electron chi connectivity index (χ1n) is 7.03. The minimum atomic E-state index is -0.736. The van der Waals surface area contributed by atoms with Gasteiger partial charge in [0.1, 0.15) is 6.04 Å². The molecular weight excluding hydrogens is 232 g/mol. The summed E-state index contributed by atoms with van der Waals surface area (Å²) in [5.74, 6) is -0.736. The summed E-state index contributed by atoms with van der Waals surface area (Å²) in [6.45, 7) is 5.61. The third kappa shape index (κ3) is 3.67. The van der Waals surface area contributed by atoms with E-state index in [0.717, 1.165) is 45.4 Å². The normalized spacial score (nSPS) is 29.4. The van der Waals surface area contributed by atoms with Crippen LogP contribution < -0.4 is 5.32 Å². The molecule has 2 saturated heterocycles. The maximum absolute atomic E-state index is 11.1. The number of rotatable bonds is 7. The summed E-state index contributed by atoms with van der Waals surface area (Å²) in [4.78, 5) is 13.5. The zero-order valence-corrected chi connectivity index (χ0v) is 11.1. The molecule has 3 unspecified atom stereocenters. The lowest BCUT2D eigenvalue weighted by molar-refractivity contribution is -0.139. The Bertz CT molecular complexity index is 273. The van der Waals surface area contributed by atoms with Gasteiger partial charge in [-0.2, -0.15) is 0 Å². The molecule has 5 heteroatoms. The van der Waals surface area contributed by atoms with Crippen LogP contribution in [0.15, 0.2) is 0 Å². The fraction of sp³-hybridized carbons (Fsp3) is 0.923. The fourth-order valence-electron chi connectivity index (χ4n) is 2.82. The molecule has 18 heavy (non-hydrogen) atoms. The lowest BCUT2D eigenvalue weighted by Crippen LogP contribution is -2.46. The summed E-state index contributed by atoms with van der Waals surface area (Å²) in [5, 5.41) is 12.2. The molecule has 5 nitrogen and oxygen atoms in total. The van der Waals surface area contributed by atoms with Crippen LogP contribution in [0, 0.1) is 0 Å². The highest BCUT2D eigenvalue weighted by Gasteiger charge is 2.33. The Labute approximate surface area is 108 Å². The van der Waals surface area contributed by atoms with E-state index in [0.29, 0.717) is 18.6 Å². The summed E-state index contributed by atoms with van der Waals surface area (Å²) in [6, 6.07) is -0.412. The van der Waals surface area contributed by atoms with Crippen LogP contribution in [0.5, 0.6) is 0 Å². The van der Waals surface area contributed by atoms with Gasteiger partial charge in [0.2, 0.25) is 0 Å². The predicted molar refractivity (Wildman–Crippen MR) is 68.7 cm³/mol. The molecule has 0 saturated carbocycles. The highest BCUT2D eigenvalue weighted by Crippen LogP contribution is 2.26. The zero-order chi connectivity index (χ0) is 13.0. The van der Waals surface area contributed by atoms with E-state index in [-0.39, 0.29) is 0 Å². The quantitative estimate of drug-likeness (QED) is 0.702. The van der Waals surface area contributed by atoms with Gasteiger partial charge in [-0.3, -0.25) is 9.69 Å². The van der Waals surface area contributed by atoms with Crippen LogP contribution in [0.3, 0.4) is 0 Å². The number of nitrogens with one attached hydrogen (secondary N) is 1. The molecule has 0 aromatic rings. The number of hydrogen-bond donors (Lipinski definition) is 2. The van der Waals surface area contributed by atoms with Crippen LogP contribution in [0.1, 0.15) is 32.6 Å². The van der Waals surface area contributed by atoms with E-state index in [1.807, 2.05) is 6.92 Å². The van der Waals surface area contributed by atoms with Gasteiger partial charge >= 0.3 is 5.97 Å². The average molecular weight is 256 g/mol. The van der Waals surface area contributed by atoms with Gasteiger partial charge in [0, 0.05) is 19.6 Å². The van der Waals surface area contributed by atoms with Crippen molar-refractivity contribution in [1.82, 2.24) is 10.2 Å². The Kier molecular flexibility index (Phi) is 4.97. The van der Waals surface area contributed by atoms with Crippen molar-refractivity contribution in [2.45, 2.75) is 50.9 Å². The molecule has 2 bridgehead atoms. The van der Waals surface area contributed by atoms with Crippen LogP contribution in [-0.4, -0.2) is 60.4 Å². The lowest BCUT2D eigenvalue weighted by atomic mass is 10.1. The molecule has 2 rings (SSSR count). The van der Waals surface area contributed by atoms with Crippen molar-refractivity contribution in [2.24, 2.45) is 0 Å². The number of morpholine rings is 1. The second kappa shape index (κ2) is 6.50. The van der Waals surface area contributed by atoms with E-state index >= 15 is 0 Å². The van der Waals surface area contributed by atoms with Gasteiger partial charge in [-0.15, -0.1) is 0 Å². The van der Waals surface area contributed by atoms with Crippen molar-refractivity contribution in [3.05, 3.63) is 0 Å². The topological polar surface area (TPSA) is 61.8 Å². The Hall–Kier alpha value is -0.650. The monoisotopic (exact) mass is 256 g/mol. The second-order valence-electron chi connectivity index (χ2n) is 5.35. The molecule has 3 atom stereocenters. The molecule has 0 aromatic carbocycles. The molecular formula is C13H24N2O3. The van der Waals surface area contributed by atoms with Gasteiger partial charge < -0.3 is 15.2 Å². The van der Waals surface area contributed by atoms with Crippen molar-refractivity contribution in [3.63, 3.8) is 0 Å². The first kappa shape index (κ1) is 13.8. The molecule has 2 fully saturated rings. The van der Waals surface area contributed by atoms with E-state index < -0.39 is 12.0 Å². The van der Waals surface area contributed by atoms with Crippen LogP contribution >= 0.6 is 0 Å². The molecule has 2 aliphatic heterocycles. The number of ether oxygens (including phenoxy) is 1. The van der Waals surface area contributed by atoms with Crippen molar-refractivity contribution in [1.29, 1.82) is 0 Å². The largest absolute Gasteiger partial charge is 0.480 e. The van der Waals surface area contributed by atoms with Crippen molar-refractivity contribution in [2.75, 3.05) is 26.2 Å². The molecule has 2 heterocycles. The number of carboxylic acids is 1. The fourth-order valence-corrected chi connectivity index (χ4v) is 2.82. The van der Waals surface area contributed by atoms with Crippen molar-refractivity contribution >= 4 is 5.97 Å². The number of likely N-dealkylation sites (tertiary alicyclic amines) is 1. The maximum atomic E-state index is 11.1. The first-order valence-corrected chi connectivity index (χ1v) is 7.03. The number of carboxylic acid groups (broad SMARTS) is 1. The van der Waals surface area contributed by atoms with Gasteiger partial charge in [-0.1, -0.05) is 6.92 Å². The average Bonchev–Trinajstić information content (AvgIpc) is 2.68. The van der Waals surface area contributed by atoms with E-state index in [4.69, 9.17) is 9.84 Å². The first-order chi connectivity index (χ1) is 8.69. The Morgan fingerprint density at radius 2 is 2.11 bits per heavy atom. The summed E-state index contributed by atoms with van der Waals surface area (Å²) < 4.78 is 5.77. The zero-order valence-electron chi connectivity index (χ0n) is 11.1. The van der Waals surface area contributed by atoms with Gasteiger partial charge in [-0.25, -0.2) is 0 Å². The van der Waals surface area contributed by atoms with Crippen molar-refractivity contribution < 1.29 is 14.6 Å². The summed E-state index contributed by atoms with van der Waals surface area (Å²) in [7, 11) is 0. The predicted octanol–water partition coefficient (Wildman–Crippen LogP) is 0.693. The van der Waals surface area contributed by atoms with Gasteiger partial charge in [0.05, 0.1) is 12.2 Å². The molecule has 0 radical (unpaired) electrons. The van der Waals surface area contributed by atoms with E-state index in [2.05, 4.69) is 10.2 Å². The third-order valence-corrected chi connectivity index (χ3v) is 3.79. The summed E-state index contributed by atoms with van der Waals surface area (Å²) >= 11 is 0. The number of carbonyl (C=O) groups is 1. The smallest absolute Gasteiger partial charge is 0.320 e. The van der Waals surface area contributed by atoms with Crippen LogP contribution in [-0.2, 0) is 9.53 Å². The molecule has 2 aliphatic rings. The summed E-state index contributed by atoms with van der Waals surface area (Å²) in [6.07, 6.45) is 4.74. The SMILES string of the molecule is CCCNC(CCN1CC2CCC(C1)O2)C(=O)O. The number of hydrogen-bond acceptors (Lipinski definition) is 4. The molecule has 0 spiro atoms. The maximum Gasteiger partial charge on any atom is 0.320 e. The third-order valence-electron chi connectivity index (χ3n) is 3.79. The standard InChI is InChI=1S/C13H24N2O3/c1-2-6-14-12(13(16)17)5-7-15-8-10-3-4-11(9-15)18-10/h10-12,14H,2-9H2,1H3,(H,16,17). The summed E-state index contributed by atoms with van der Waals surface area (Å²) in [5.41, 5.74) is 0. The van der Waals surface area contributed by atoms with Crippen molar-refractivity contribution in [3.8, 4) is 0 Å². The molecule has 2 N–H and O–H groups in total. The van der Waals surface area contributed by atoms with Crippen LogP contribution in [0.2, 0.25) is 0 Å².